The number of benzene rings is 6. The Balaban J connectivity index is 0.928. The molecule has 0 unspecified atom stereocenters. The average Bonchev–Trinajstić information content (AvgIpc) is 3.41. The normalized spacial score (nSPS) is 23.2. The molecular weight excluding hydrogens is 913 g/mol. The lowest BCUT2D eigenvalue weighted by atomic mass is 9.98. The summed E-state index contributed by atoms with van der Waals surface area (Å²) in [5.74, 6) is 1.27. The van der Waals surface area contributed by atoms with E-state index in [1.165, 1.54) is 6.08 Å². The molecule has 2 aliphatic heterocycles. The molecule has 0 saturated carbocycles. The van der Waals surface area contributed by atoms with Gasteiger partial charge in [0, 0.05) is 6.08 Å². The van der Waals surface area contributed by atoms with Crippen molar-refractivity contribution < 1.29 is 73.0 Å². The van der Waals surface area contributed by atoms with Crippen LogP contribution in [0, 0.1) is 0 Å². The Labute approximate surface area is 411 Å². The van der Waals surface area contributed by atoms with E-state index in [9.17, 15) is 30.3 Å². The maximum atomic E-state index is 13.2. The number of esters is 1. The van der Waals surface area contributed by atoms with Crippen LogP contribution in [0.15, 0.2) is 164 Å². The summed E-state index contributed by atoms with van der Waals surface area (Å²) in [4.78, 5) is 13.2. The number of rotatable bonds is 22. The first-order valence-corrected chi connectivity index (χ1v) is 23.4. The van der Waals surface area contributed by atoms with E-state index in [4.69, 9.17) is 42.6 Å². The van der Waals surface area contributed by atoms with Gasteiger partial charge in [0.15, 0.2) is 35.6 Å². The number of carbonyl (C=O) groups is 1. The quantitative estimate of drug-likeness (QED) is 0.0387. The monoisotopic (exact) mass is 970 g/mol. The van der Waals surface area contributed by atoms with Crippen LogP contribution in [0.3, 0.4) is 0 Å². The summed E-state index contributed by atoms with van der Waals surface area (Å²) in [7, 11) is 0. The maximum Gasteiger partial charge on any atom is 0.330 e. The van der Waals surface area contributed by atoms with Gasteiger partial charge in [-0.1, -0.05) is 133 Å². The van der Waals surface area contributed by atoms with E-state index in [0.717, 1.165) is 27.8 Å². The van der Waals surface area contributed by atoms with Gasteiger partial charge in [0.25, 0.3) is 0 Å². The van der Waals surface area contributed by atoms with Crippen molar-refractivity contribution in [3.8, 4) is 23.0 Å². The molecule has 2 fully saturated rings. The molecule has 2 aliphatic rings. The van der Waals surface area contributed by atoms with Crippen molar-refractivity contribution in [2.75, 3.05) is 19.8 Å². The Morgan fingerprint density at radius 2 is 1.04 bits per heavy atom. The molecule has 2 saturated heterocycles. The second kappa shape index (κ2) is 25.5. The molecule has 8 rings (SSSR count). The van der Waals surface area contributed by atoms with Crippen LogP contribution in [-0.2, 0) is 61.3 Å². The number of carbonyl (C=O) groups excluding carboxylic acids is 1. The number of ether oxygens (including phenoxy) is 9. The zero-order valence-electron chi connectivity index (χ0n) is 38.8. The fourth-order valence-corrected chi connectivity index (χ4v) is 7.80. The molecule has 0 bridgehead atoms. The zero-order valence-corrected chi connectivity index (χ0v) is 38.8. The number of aliphatic hydroxyl groups is 5. The SMILES string of the molecule is O=C(/C=C/c1ccc(OCc2ccccc2)c(OCc2ccccc2)c1)OC[C@H]1O[C@@H](OCCc2ccc(OCc3ccccc3)c(OCc3ccccc3)c2)[C@H](O)[C@@H](O[C@@H]2OC[C@@H](O)[C@H](O)[C@H]2O)[C@@H]1O. The van der Waals surface area contributed by atoms with Gasteiger partial charge in [-0.3, -0.25) is 0 Å². The fraction of sp³-hybridized carbons (Fsp3) is 0.304. The van der Waals surface area contributed by atoms with Crippen LogP contribution in [0.4, 0.5) is 0 Å². The van der Waals surface area contributed by atoms with Crippen molar-refractivity contribution in [2.45, 2.75) is 88.2 Å². The van der Waals surface area contributed by atoms with Crippen LogP contribution in [0.1, 0.15) is 33.4 Å². The Hall–Kier alpha value is -6.63. The summed E-state index contributed by atoms with van der Waals surface area (Å²) in [6, 6.07) is 49.7. The summed E-state index contributed by atoms with van der Waals surface area (Å²) in [5.41, 5.74) is 5.33. The second-order valence-corrected chi connectivity index (χ2v) is 17.0. The summed E-state index contributed by atoms with van der Waals surface area (Å²) in [6.07, 6.45) is -10.8. The van der Waals surface area contributed by atoms with E-state index >= 15 is 0 Å². The predicted octanol–water partition coefficient (Wildman–Crippen LogP) is 6.09. The highest BCUT2D eigenvalue weighted by molar-refractivity contribution is 5.87. The van der Waals surface area contributed by atoms with Gasteiger partial charge in [-0.15, -0.1) is 0 Å². The van der Waals surface area contributed by atoms with Crippen LogP contribution in [0.5, 0.6) is 23.0 Å². The second-order valence-electron chi connectivity index (χ2n) is 17.0. The molecule has 0 aliphatic carbocycles. The summed E-state index contributed by atoms with van der Waals surface area (Å²) in [6.45, 7) is 0.343. The molecule has 0 spiro atoms. The Morgan fingerprint density at radius 3 is 1.59 bits per heavy atom. The minimum absolute atomic E-state index is 0.00271. The van der Waals surface area contributed by atoms with E-state index in [-0.39, 0.29) is 19.8 Å². The van der Waals surface area contributed by atoms with Gasteiger partial charge < -0.3 is 68.2 Å². The predicted molar refractivity (Wildman–Crippen MR) is 259 cm³/mol. The molecule has 9 atom stereocenters. The topological polar surface area (TPSA) is 201 Å². The lowest BCUT2D eigenvalue weighted by molar-refractivity contribution is -0.349. The molecule has 372 valence electrons. The van der Waals surface area contributed by atoms with E-state index in [0.29, 0.717) is 54.8 Å². The third-order valence-corrected chi connectivity index (χ3v) is 11.8. The van der Waals surface area contributed by atoms with Crippen molar-refractivity contribution in [3.63, 3.8) is 0 Å². The average molecular weight is 971 g/mol. The summed E-state index contributed by atoms with van der Waals surface area (Å²) < 4.78 is 53.7. The van der Waals surface area contributed by atoms with Crippen LogP contribution in [-0.4, -0.2) is 107 Å². The van der Waals surface area contributed by atoms with E-state index < -0.39 is 67.9 Å². The highest BCUT2D eigenvalue weighted by Crippen LogP contribution is 2.33. The number of hydrogen-bond donors (Lipinski definition) is 5. The smallest absolute Gasteiger partial charge is 0.330 e. The van der Waals surface area contributed by atoms with Crippen molar-refractivity contribution in [1.82, 2.24) is 0 Å². The van der Waals surface area contributed by atoms with Gasteiger partial charge in [0.05, 0.1) is 13.2 Å². The molecule has 6 aromatic rings. The van der Waals surface area contributed by atoms with Crippen molar-refractivity contribution in [2.24, 2.45) is 0 Å². The molecule has 0 radical (unpaired) electrons. The third-order valence-electron chi connectivity index (χ3n) is 11.8. The van der Waals surface area contributed by atoms with E-state index in [2.05, 4.69) is 0 Å². The minimum Gasteiger partial charge on any atom is -0.485 e. The number of hydrogen-bond acceptors (Lipinski definition) is 15. The molecular formula is C56H58O15. The summed E-state index contributed by atoms with van der Waals surface area (Å²) >= 11 is 0. The first-order valence-electron chi connectivity index (χ1n) is 23.4. The molecule has 2 heterocycles. The van der Waals surface area contributed by atoms with Crippen molar-refractivity contribution in [3.05, 3.63) is 197 Å². The van der Waals surface area contributed by atoms with Crippen LogP contribution >= 0.6 is 0 Å². The van der Waals surface area contributed by atoms with Crippen LogP contribution in [0.2, 0.25) is 0 Å². The van der Waals surface area contributed by atoms with Crippen LogP contribution < -0.4 is 18.9 Å². The number of aliphatic hydroxyl groups excluding tert-OH is 5. The van der Waals surface area contributed by atoms with Gasteiger partial charge in [-0.2, -0.15) is 0 Å². The highest BCUT2D eigenvalue weighted by Gasteiger charge is 2.49. The lowest BCUT2D eigenvalue weighted by Crippen LogP contribution is -2.63. The van der Waals surface area contributed by atoms with Gasteiger partial charge >= 0.3 is 5.97 Å². The molecule has 5 N–H and O–H groups in total. The fourth-order valence-electron chi connectivity index (χ4n) is 7.80. The first kappa shape index (κ1) is 50.7. The minimum atomic E-state index is -1.73. The van der Waals surface area contributed by atoms with Gasteiger partial charge in [-0.05, 0) is 70.1 Å². The Kier molecular flexibility index (Phi) is 18.2. The summed E-state index contributed by atoms with van der Waals surface area (Å²) in [5, 5.41) is 54.1. The van der Waals surface area contributed by atoms with E-state index in [1.807, 2.05) is 140 Å². The van der Waals surface area contributed by atoms with Gasteiger partial charge in [-0.25, -0.2) is 4.79 Å². The largest absolute Gasteiger partial charge is 0.485 e. The Morgan fingerprint density at radius 1 is 0.535 bits per heavy atom. The molecule has 0 amide bonds. The molecule has 71 heavy (non-hydrogen) atoms. The van der Waals surface area contributed by atoms with Crippen molar-refractivity contribution >= 4 is 12.0 Å². The van der Waals surface area contributed by atoms with Crippen LogP contribution in [0.25, 0.3) is 6.08 Å². The Bertz CT molecular complexity index is 2580. The highest BCUT2D eigenvalue weighted by atomic mass is 16.7. The third kappa shape index (κ3) is 14.5. The van der Waals surface area contributed by atoms with Gasteiger partial charge in [0.2, 0.25) is 0 Å². The van der Waals surface area contributed by atoms with Gasteiger partial charge in [0.1, 0.15) is 75.8 Å². The molecule has 0 aromatic heterocycles. The first-order chi connectivity index (χ1) is 34.7. The molecule has 15 nitrogen and oxygen atoms in total. The molecule has 6 aromatic carbocycles. The zero-order chi connectivity index (χ0) is 49.4. The maximum absolute atomic E-state index is 13.2. The lowest BCUT2D eigenvalue weighted by Gasteiger charge is -2.44. The standard InChI is InChI=1S/C56H58O15/c57-43-35-69-55(52(61)50(43)59)71-54-51(60)48(36-68-49(58)26-23-37-21-24-44(64-31-39-13-5-1-6-14-39)46(29-37)66-33-41-17-9-3-10-18-41)70-56(53(54)62)63-28-27-38-22-25-45(65-32-40-15-7-2-8-16-40)47(30-38)67-34-42-19-11-4-12-20-42/h1-26,29-30,43,48,50-57,59-62H,27-28,31-36H2/b26-23+/t43-,48-,50+,51-,52-,53-,54+,55+,56-/m1/s1. The van der Waals surface area contributed by atoms with Crippen molar-refractivity contribution in [1.29, 1.82) is 0 Å². The molecule has 15 heteroatoms. The van der Waals surface area contributed by atoms with E-state index in [1.54, 1.807) is 24.3 Å².